The highest BCUT2D eigenvalue weighted by Gasteiger charge is 2.51. The third-order valence-corrected chi connectivity index (χ3v) is 21.8. The van der Waals surface area contributed by atoms with E-state index >= 15 is 0 Å². The van der Waals surface area contributed by atoms with Crippen LogP contribution < -0.4 is 5.32 Å². The predicted molar refractivity (Wildman–Crippen MR) is 406 cm³/mol. The maximum absolute atomic E-state index is 13.4. The topological polar surface area (TPSA) is 228 Å². The van der Waals surface area contributed by atoms with Gasteiger partial charge in [0.1, 0.15) is 48.8 Å². The van der Waals surface area contributed by atoms with E-state index in [2.05, 4.69) is 19.2 Å². The lowest BCUT2D eigenvalue weighted by atomic mass is 9.97. The lowest BCUT2D eigenvalue weighted by Crippen LogP contribution is -2.65. The molecular formula is C84H165NO13. The van der Waals surface area contributed by atoms with Crippen molar-refractivity contribution in [2.75, 3.05) is 19.8 Å². The molecule has 12 unspecified atom stereocenters. The Kier molecular flexibility index (Phi) is 65.6. The molecule has 584 valence electrons. The monoisotopic (exact) mass is 1400 g/mol. The Hall–Kier alpha value is -1.01. The highest BCUT2D eigenvalue weighted by atomic mass is 16.7. The first kappa shape index (κ1) is 93.1. The van der Waals surface area contributed by atoms with Crippen molar-refractivity contribution in [2.45, 2.75) is 511 Å². The molecule has 0 bridgehead atoms. The van der Waals surface area contributed by atoms with E-state index in [1.54, 1.807) is 0 Å². The molecule has 0 aromatic carbocycles. The summed E-state index contributed by atoms with van der Waals surface area (Å²) in [4.78, 5) is 13.4. The number of nitrogens with one attached hydrogen (secondary N) is 1. The SMILES string of the molecule is CCCCCCCCCCCCCCCCCCCCCCCCCCCCCCCCCCCCCCC(=O)NC(COC1OC(CO)C(OC2OC(CO)C(O)C(O)C2O)C(O)C1O)C(O)CCCCCCCCCCCCCCCCCCCCCCCCCCCCCC. The van der Waals surface area contributed by atoms with Crippen LogP contribution in [0.25, 0.3) is 0 Å². The Labute approximate surface area is 604 Å². The van der Waals surface area contributed by atoms with E-state index in [0.717, 1.165) is 51.4 Å². The normalized spacial score (nSPS) is 21.9. The van der Waals surface area contributed by atoms with Crippen LogP contribution in [0.15, 0.2) is 0 Å². The zero-order chi connectivity index (χ0) is 70.8. The van der Waals surface area contributed by atoms with E-state index in [1.165, 1.54) is 360 Å². The van der Waals surface area contributed by atoms with Crippen molar-refractivity contribution in [3.05, 3.63) is 0 Å². The van der Waals surface area contributed by atoms with Gasteiger partial charge in [-0.3, -0.25) is 4.79 Å². The van der Waals surface area contributed by atoms with Crippen LogP contribution in [0.2, 0.25) is 0 Å². The van der Waals surface area contributed by atoms with Gasteiger partial charge in [-0.1, -0.05) is 418 Å². The maximum atomic E-state index is 13.4. The number of ether oxygens (including phenoxy) is 4. The van der Waals surface area contributed by atoms with Crippen LogP contribution >= 0.6 is 0 Å². The van der Waals surface area contributed by atoms with Gasteiger partial charge < -0.3 is 65.1 Å². The van der Waals surface area contributed by atoms with Crippen molar-refractivity contribution in [3.8, 4) is 0 Å². The van der Waals surface area contributed by atoms with Crippen LogP contribution in [0.5, 0.6) is 0 Å². The Bertz CT molecular complexity index is 1650. The number of hydrogen-bond acceptors (Lipinski definition) is 13. The zero-order valence-corrected chi connectivity index (χ0v) is 64.3. The molecule has 9 N–H and O–H groups in total. The summed E-state index contributed by atoms with van der Waals surface area (Å²) < 4.78 is 23.0. The van der Waals surface area contributed by atoms with Crippen LogP contribution in [0, 0.1) is 0 Å². The maximum Gasteiger partial charge on any atom is 0.220 e. The second kappa shape index (κ2) is 69.1. The molecule has 2 saturated heterocycles. The van der Waals surface area contributed by atoms with Crippen LogP contribution in [0.4, 0.5) is 0 Å². The van der Waals surface area contributed by atoms with Gasteiger partial charge in [-0.05, 0) is 12.8 Å². The van der Waals surface area contributed by atoms with Gasteiger partial charge in [-0.2, -0.15) is 0 Å². The van der Waals surface area contributed by atoms with Gasteiger partial charge in [0.25, 0.3) is 0 Å². The summed E-state index contributed by atoms with van der Waals surface area (Å²) in [5.74, 6) is -0.194. The molecule has 14 heteroatoms. The van der Waals surface area contributed by atoms with Crippen LogP contribution in [0.1, 0.15) is 438 Å². The van der Waals surface area contributed by atoms with Crippen LogP contribution in [0.3, 0.4) is 0 Å². The number of carbonyl (C=O) groups excluding carboxylic acids is 1. The van der Waals surface area contributed by atoms with E-state index in [-0.39, 0.29) is 12.5 Å². The fourth-order valence-electron chi connectivity index (χ4n) is 15.0. The molecule has 1 amide bonds. The first-order valence-corrected chi connectivity index (χ1v) is 43.3. The van der Waals surface area contributed by atoms with Gasteiger partial charge in [0.2, 0.25) is 5.91 Å². The number of hydrogen-bond donors (Lipinski definition) is 9. The molecule has 0 aromatic heterocycles. The molecule has 0 aliphatic carbocycles. The van der Waals surface area contributed by atoms with Gasteiger partial charge >= 0.3 is 0 Å². The second-order valence-electron chi connectivity index (χ2n) is 31.0. The van der Waals surface area contributed by atoms with Crippen molar-refractivity contribution in [3.63, 3.8) is 0 Å². The minimum absolute atomic E-state index is 0.194. The molecule has 0 spiro atoms. The third-order valence-electron chi connectivity index (χ3n) is 21.8. The van der Waals surface area contributed by atoms with Gasteiger partial charge in [-0.25, -0.2) is 0 Å². The summed E-state index contributed by atoms with van der Waals surface area (Å²) in [6, 6.07) is -0.826. The highest BCUT2D eigenvalue weighted by Crippen LogP contribution is 2.31. The predicted octanol–water partition coefficient (Wildman–Crippen LogP) is 20.3. The fourth-order valence-corrected chi connectivity index (χ4v) is 15.0. The molecule has 2 aliphatic rings. The number of carbonyl (C=O) groups is 1. The lowest BCUT2D eigenvalue weighted by molar-refractivity contribution is -0.359. The van der Waals surface area contributed by atoms with Gasteiger partial charge in [0, 0.05) is 6.42 Å². The second-order valence-corrected chi connectivity index (χ2v) is 31.0. The summed E-state index contributed by atoms with van der Waals surface area (Å²) in [5.41, 5.74) is 0. The molecule has 2 aliphatic heterocycles. The van der Waals surface area contributed by atoms with Crippen LogP contribution in [-0.4, -0.2) is 140 Å². The van der Waals surface area contributed by atoms with Crippen molar-refractivity contribution in [2.24, 2.45) is 0 Å². The number of aliphatic hydroxyl groups is 8. The van der Waals surface area contributed by atoms with Crippen molar-refractivity contribution >= 4 is 5.91 Å². The average molecular weight is 1400 g/mol. The molecular weight excluding hydrogens is 1230 g/mol. The number of rotatable bonds is 75. The summed E-state index contributed by atoms with van der Waals surface area (Å²) >= 11 is 0. The molecule has 98 heavy (non-hydrogen) atoms. The van der Waals surface area contributed by atoms with E-state index in [9.17, 15) is 45.6 Å². The minimum Gasteiger partial charge on any atom is -0.394 e. The summed E-state index contributed by atoms with van der Waals surface area (Å²) in [6.45, 7) is 2.96. The minimum atomic E-state index is -1.78. The summed E-state index contributed by atoms with van der Waals surface area (Å²) in [5, 5.41) is 88.0. The summed E-state index contributed by atoms with van der Waals surface area (Å²) in [6.07, 6.45) is 70.3. The lowest BCUT2D eigenvalue weighted by Gasteiger charge is -2.46. The Morgan fingerprint density at radius 3 is 0.867 bits per heavy atom. The Morgan fingerprint density at radius 1 is 0.327 bits per heavy atom. The standard InChI is InChI=1S/C84H165NO13/c1-3-5-7-9-11-13-15-17-19-21-23-25-27-29-31-33-34-35-36-37-38-39-40-42-44-46-48-50-52-54-56-58-60-62-64-66-68-76(89)85-72(71-95-83-81(94)79(92)82(75(70-87)97-83)98-84-80(93)78(91)77(90)74(69-86)96-84)73(88)67-65-63-61-59-57-55-53-51-49-47-45-43-41-32-30-28-26-24-22-20-18-16-14-12-10-8-6-4-2/h72-75,77-84,86-88,90-94H,3-71H2,1-2H3,(H,85,89). The largest absolute Gasteiger partial charge is 0.394 e. The van der Waals surface area contributed by atoms with E-state index in [0.29, 0.717) is 12.8 Å². The van der Waals surface area contributed by atoms with Crippen molar-refractivity contribution in [1.29, 1.82) is 0 Å². The first-order chi connectivity index (χ1) is 48.1. The molecule has 2 heterocycles. The van der Waals surface area contributed by atoms with E-state index < -0.39 is 86.8 Å². The average Bonchev–Trinajstić information content (AvgIpc) is 0.793. The third kappa shape index (κ3) is 51.2. The van der Waals surface area contributed by atoms with Gasteiger partial charge in [0.05, 0.1) is 32.0 Å². The summed E-state index contributed by atoms with van der Waals surface area (Å²) in [7, 11) is 0. The molecule has 2 rings (SSSR count). The molecule has 0 radical (unpaired) electrons. The quantitative estimate of drug-likeness (QED) is 0.0259. The number of amides is 1. The van der Waals surface area contributed by atoms with Crippen LogP contribution in [-0.2, 0) is 23.7 Å². The first-order valence-electron chi connectivity index (χ1n) is 43.3. The molecule has 0 aromatic rings. The smallest absolute Gasteiger partial charge is 0.220 e. The Balaban J connectivity index is 1.56. The molecule has 2 fully saturated rings. The molecule has 14 nitrogen and oxygen atoms in total. The highest BCUT2D eigenvalue weighted by molar-refractivity contribution is 5.76. The molecule has 0 saturated carbocycles. The molecule has 12 atom stereocenters. The number of aliphatic hydroxyl groups excluding tert-OH is 8. The van der Waals surface area contributed by atoms with E-state index in [4.69, 9.17) is 18.9 Å². The number of unbranched alkanes of at least 4 members (excludes halogenated alkanes) is 62. The zero-order valence-electron chi connectivity index (χ0n) is 64.3. The van der Waals surface area contributed by atoms with Crippen molar-refractivity contribution < 1.29 is 64.6 Å². The Morgan fingerprint density at radius 2 is 0.582 bits per heavy atom. The van der Waals surface area contributed by atoms with Gasteiger partial charge in [-0.15, -0.1) is 0 Å². The van der Waals surface area contributed by atoms with Crippen molar-refractivity contribution in [1.82, 2.24) is 5.32 Å². The van der Waals surface area contributed by atoms with Gasteiger partial charge in [0.15, 0.2) is 12.6 Å². The fraction of sp³-hybridized carbons (Fsp3) is 0.988. The van der Waals surface area contributed by atoms with E-state index in [1.807, 2.05) is 0 Å².